The number of hydrogen-bond acceptors (Lipinski definition) is 2. The van der Waals surface area contributed by atoms with Gasteiger partial charge >= 0.3 is 0 Å². The predicted octanol–water partition coefficient (Wildman–Crippen LogP) is 2.99. The Balaban J connectivity index is 0. The third-order valence-corrected chi connectivity index (χ3v) is 1.74. The lowest BCUT2D eigenvalue weighted by Gasteiger charge is -2.22. The van der Waals surface area contributed by atoms with E-state index in [1.165, 1.54) is 0 Å². The molecule has 1 fully saturated rings. The normalized spacial score (nSPS) is 15.7. The molecule has 1 saturated heterocycles. The summed E-state index contributed by atoms with van der Waals surface area (Å²) in [6.45, 7) is 14.5. The lowest BCUT2D eigenvalue weighted by Crippen LogP contribution is -2.32. The highest BCUT2D eigenvalue weighted by Crippen LogP contribution is 2.06. The second kappa shape index (κ2) is 15.1. The van der Waals surface area contributed by atoms with E-state index >= 15 is 0 Å². The number of rotatable bonds is 3. The Labute approximate surface area is 89.7 Å². The number of nitrogens with one attached hydrogen (secondary N) is 1. The van der Waals surface area contributed by atoms with E-state index in [0.29, 0.717) is 12.7 Å². The van der Waals surface area contributed by atoms with Crippen LogP contribution >= 0.6 is 0 Å². The van der Waals surface area contributed by atoms with Crippen LogP contribution in [-0.2, 0) is 4.74 Å². The number of piperidine rings is 1. The van der Waals surface area contributed by atoms with Gasteiger partial charge in [-0.05, 0) is 25.9 Å². The van der Waals surface area contributed by atoms with Gasteiger partial charge < -0.3 is 10.1 Å². The minimum atomic E-state index is 0.472. The molecule has 0 atom stereocenters. The van der Waals surface area contributed by atoms with Crippen LogP contribution in [0.25, 0.3) is 0 Å². The fourth-order valence-corrected chi connectivity index (χ4v) is 1.17. The van der Waals surface area contributed by atoms with Crippen molar-refractivity contribution in [2.45, 2.75) is 46.6 Å². The van der Waals surface area contributed by atoms with Crippen LogP contribution in [-0.4, -0.2) is 25.8 Å². The summed E-state index contributed by atoms with van der Waals surface area (Å²) >= 11 is 0. The van der Waals surface area contributed by atoms with Crippen LogP contribution < -0.4 is 5.32 Å². The van der Waals surface area contributed by atoms with E-state index in [0.717, 1.165) is 25.9 Å². The van der Waals surface area contributed by atoms with Crippen LogP contribution in [0.4, 0.5) is 0 Å². The van der Waals surface area contributed by atoms with Crippen molar-refractivity contribution in [3.05, 3.63) is 12.7 Å². The summed E-state index contributed by atoms with van der Waals surface area (Å²) in [5.41, 5.74) is 0. The average molecular weight is 201 g/mol. The smallest absolute Gasteiger partial charge is 0.0648 e. The molecule has 86 valence electrons. The second-order valence-corrected chi connectivity index (χ2v) is 2.57. The van der Waals surface area contributed by atoms with Crippen molar-refractivity contribution in [1.82, 2.24) is 5.32 Å². The van der Waals surface area contributed by atoms with Crippen molar-refractivity contribution in [3.63, 3.8) is 0 Å². The van der Waals surface area contributed by atoms with Gasteiger partial charge in [0.05, 0.1) is 12.7 Å². The van der Waals surface area contributed by atoms with Crippen molar-refractivity contribution in [3.8, 4) is 0 Å². The van der Waals surface area contributed by atoms with Crippen LogP contribution in [0.3, 0.4) is 0 Å². The quantitative estimate of drug-likeness (QED) is 0.709. The molecule has 0 amide bonds. The first-order valence-electron chi connectivity index (χ1n) is 5.86. The summed E-state index contributed by atoms with van der Waals surface area (Å²) in [5.74, 6) is 0. The summed E-state index contributed by atoms with van der Waals surface area (Å²) < 4.78 is 5.47. The monoisotopic (exact) mass is 201 g/mol. The van der Waals surface area contributed by atoms with Gasteiger partial charge in [0, 0.05) is 0 Å². The van der Waals surface area contributed by atoms with E-state index < -0.39 is 0 Å². The van der Waals surface area contributed by atoms with E-state index in [4.69, 9.17) is 4.74 Å². The predicted molar refractivity (Wildman–Crippen MR) is 64.7 cm³/mol. The Hall–Kier alpha value is -0.340. The summed E-state index contributed by atoms with van der Waals surface area (Å²) in [6, 6.07) is 0. The Morgan fingerprint density at radius 3 is 2.14 bits per heavy atom. The molecule has 0 spiro atoms. The Morgan fingerprint density at radius 1 is 1.21 bits per heavy atom. The Kier molecular flexibility index (Phi) is 17.4. The zero-order valence-corrected chi connectivity index (χ0v) is 10.3. The van der Waals surface area contributed by atoms with Gasteiger partial charge in [-0.15, -0.1) is 6.58 Å². The maximum atomic E-state index is 5.47. The fourth-order valence-electron chi connectivity index (χ4n) is 1.17. The van der Waals surface area contributed by atoms with Crippen LogP contribution in [0.5, 0.6) is 0 Å². The molecule has 1 aliphatic rings. The highest BCUT2D eigenvalue weighted by atomic mass is 16.5. The molecule has 0 aromatic heterocycles. The molecule has 0 bridgehead atoms. The highest BCUT2D eigenvalue weighted by Gasteiger charge is 2.11. The highest BCUT2D eigenvalue weighted by molar-refractivity contribution is 4.71. The third kappa shape index (κ3) is 9.75. The molecule has 2 nitrogen and oxygen atoms in total. The molecule has 14 heavy (non-hydrogen) atoms. The van der Waals surface area contributed by atoms with E-state index in [1.807, 2.05) is 33.8 Å². The standard InChI is InChI=1S/C8H15NO.2C2H6/c1-2-7-10-8-3-5-9-6-4-8;2*1-2/h2,8-9H,1,3-7H2;2*1-2H3. The third-order valence-electron chi connectivity index (χ3n) is 1.74. The molecule has 1 rings (SSSR count). The van der Waals surface area contributed by atoms with Crippen LogP contribution in [0, 0.1) is 0 Å². The minimum absolute atomic E-state index is 0.472. The maximum Gasteiger partial charge on any atom is 0.0648 e. The molecule has 1 aliphatic heterocycles. The van der Waals surface area contributed by atoms with Crippen molar-refractivity contribution in [2.24, 2.45) is 0 Å². The van der Waals surface area contributed by atoms with Gasteiger partial charge in [0.25, 0.3) is 0 Å². The molecular weight excluding hydrogens is 174 g/mol. The van der Waals surface area contributed by atoms with Crippen molar-refractivity contribution >= 4 is 0 Å². The largest absolute Gasteiger partial charge is 0.374 e. The van der Waals surface area contributed by atoms with Crippen LogP contribution in [0.15, 0.2) is 12.7 Å². The lowest BCUT2D eigenvalue weighted by atomic mass is 10.1. The zero-order chi connectivity index (χ0) is 11.2. The Bertz CT molecular complexity index is 98.5. The topological polar surface area (TPSA) is 21.3 Å². The van der Waals surface area contributed by atoms with Gasteiger partial charge in [-0.1, -0.05) is 33.8 Å². The lowest BCUT2D eigenvalue weighted by molar-refractivity contribution is 0.0517. The average Bonchev–Trinajstić information content (AvgIpc) is 2.33. The zero-order valence-electron chi connectivity index (χ0n) is 10.3. The maximum absolute atomic E-state index is 5.47. The van der Waals surface area contributed by atoms with Gasteiger partial charge in [-0.3, -0.25) is 0 Å². The van der Waals surface area contributed by atoms with Gasteiger partial charge in [0.2, 0.25) is 0 Å². The first-order valence-corrected chi connectivity index (χ1v) is 5.86. The van der Waals surface area contributed by atoms with Crippen molar-refractivity contribution < 1.29 is 4.74 Å². The number of ether oxygens (including phenoxy) is 1. The first kappa shape index (κ1) is 16.1. The summed E-state index contributed by atoms with van der Waals surface area (Å²) in [4.78, 5) is 0. The second-order valence-electron chi connectivity index (χ2n) is 2.57. The van der Waals surface area contributed by atoms with E-state index in [2.05, 4.69) is 11.9 Å². The van der Waals surface area contributed by atoms with Crippen LogP contribution in [0.1, 0.15) is 40.5 Å². The van der Waals surface area contributed by atoms with E-state index in [1.54, 1.807) is 0 Å². The molecular formula is C12H27NO. The van der Waals surface area contributed by atoms with Gasteiger partial charge in [0.1, 0.15) is 0 Å². The molecule has 0 aliphatic carbocycles. The van der Waals surface area contributed by atoms with Crippen molar-refractivity contribution in [2.75, 3.05) is 19.7 Å². The molecule has 1 heterocycles. The molecule has 0 aromatic carbocycles. The van der Waals surface area contributed by atoms with Crippen molar-refractivity contribution in [1.29, 1.82) is 0 Å². The molecule has 0 aromatic rings. The van der Waals surface area contributed by atoms with Crippen LogP contribution in [0.2, 0.25) is 0 Å². The first-order chi connectivity index (χ1) is 6.93. The molecule has 0 radical (unpaired) electrons. The summed E-state index contributed by atoms with van der Waals surface area (Å²) in [6.07, 6.45) is 4.57. The van der Waals surface area contributed by atoms with Gasteiger partial charge in [0.15, 0.2) is 0 Å². The number of hydrogen-bond donors (Lipinski definition) is 1. The summed E-state index contributed by atoms with van der Waals surface area (Å²) in [5, 5.41) is 3.29. The van der Waals surface area contributed by atoms with E-state index in [9.17, 15) is 0 Å². The van der Waals surface area contributed by atoms with E-state index in [-0.39, 0.29) is 0 Å². The molecule has 1 N–H and O–H groups in total. The summed E-state index contributed by atoms with van der Waals surface area (Å²) in [7, 11) is 0. The molecule has 0 unspecified atom stereocenters. The fraction of sp³-hybridized carbons (Fsp3) is 0.833. The molecule has 2 heteroatoms. The minimum Gasteiger partial charge on any atom is -0.374 e. The van der Waals surface area contributed by atoms with Gasteiger partial charge in [-0.2, -0.15) is 0 Å². The van der Waals surface area contributed by atoms with Gasteiger partial charge in [-0.25, -0.2) is 0 Å². The SMILES string of the molecule is C=CCOC1CCNCC1.CC.CC. The molecule has 0 saturated carbocycles. The Morgan fingerprint density at radius 2 is 1.71 bits per heavy atom.